The van der Waals surface area contributed by atoms with Crippen molar-refractivity contribution >= 4 is 11.9 Å². The topological polar surface area (TPSA) is 104 Å². The summed E-state index contributed by atoms with van der Waals surface area (Å²) in [4.78, 5) is 17.7. The number of hydrogen-bond donors (Lipinski definition) is 4. The van der Waals surface area contributed by atoms with Crippen molar-refractivity contribution in [1.29, 1.82) is 0 Å². The van der Waals surface area contributed by atoms with Crippen LogP contribution in [0.1, 0.15) is 32.5 Å². The number of H-pyrrole nitrogens is 1. The zero-order valence-corrected chi connectivity index (χ0v) is 9.69. The first-order chi connectivity index (χ1) is 7.41. The van der Waals surface area contributed by atoms with Crippen LogP contribution in [0.4, 0.5) is 5.95 Å². The van der Waals surface area contributed by atoms with E-state index in [0.29, 0.717) is 5.95 Å². The number of hydrogen-bond acceptors (Lipinski definition) is 4. The van der Waals surface area contributed by atoms with Crippen LogP contribution in [0.25, 0.3) is 0 Å². The molecule has 2 atom stereocenters. The molecule has 0 spiro atoms. The summed E-state index contributed by atoms with van der Waals surface area (Å²) in [6, 6.07) is -0.715. The molecule has 0 aliphatic carbocycles. The van der Waals surface area contributed by atoms with Crippen LogP contribution in [0, 0.1) is 5.92 Å². The number of nitrogens with one attached hydrogen (secondary N) is 2. The molecule has 90 valence electrons. The second-order valence-corrected chi connectivity index (χ2v) is 4.17. The first kappa shape index (κ1) is 12.5. The molecule has 0 aliphatic heterocycles. The molecule has 0 saturated heterocycles. The van der Waals surface area contributed by atoms with Gasteiger partial charge in [0.2, 0.25) is 0 Å². The van der Waals surface area contributed by atoms with E-state index in [1.165, 1.54) is 0 Å². The Kier molecular flexibility index (Phi) is 3.89. The van der Waals surface area contributed by atoms with Crippen molar-refractivity contribution in [2.75, 3.05) is 5.73 Å². The molecule has 16 heavy (non-hydrogen) atoms. The minimum absolute atomic E-state index is 0.0141. The van der Waals surface area contributed by atoms with Crippen LogP contribution >= 0.6 is 0 Å². The van der Waals surface area contributed by atoms with Crippen molar-refractivity contribution < 1.29 is 9.90 Å². The number of anilines is 1. The highest BCUT2D eigenvalue weighted by atomic mass is 16.4. The van der Waals surface area contributed by atoms with Crippen LogP contribution in [0.15, 0.2) is 6.20 Å². The highest BCUT2D eigenvalue weighted by Crippen LogP contribution is 2.13. The van der Waals surface area contributed by atoms with Gasteiger partial charge in [-0.25, -0.2) is 4.98 Å². The highest BCUT2D eigenvalue weighted by Gasteiger charge is 2.23. The van der Waals surface area contributed by atoms with Crippen molar-refractivity contribution in [1.82, 2.24) is 15.3 Å². The zero-order chi connectivity index (χ0) is 12.3. The van der Waals surface area contributed by atoms with Crippen molar-refractivity contribution in [2.45, 2.75) is 32.9 Å². The number of nitrogens with zero attached hydrogens (tertiary/aromatic N) is 1. The predicted octanol–water partition coefficient (Wildman–Crippen LogP) is 0.752. The number of aromatic nitrogens is 2. The fourth-order valence-electron chi connectivity index (χ4n) is 1.48. The largest absolute Gasteiger partial charge is 0.480 e. The molecule has 0 bridgehead atoms. The molecule has 1 heterocycles. The monoisotopic (exact) mass is 226 g/mol. The molecule has 5 N–H and O–H groups in total. The molecule has 0 saturated carbocycles. The van der Waals surface area contributed by atoms with Gasteiger partial charge in [0, 0.05) is 6.04 Å². The molecule has 0 aromatic carbocycles. The van der Waals surface area contributed by atoms with Gasteiger partial charge in [-0.3, -0.25) is 10.1 Å². The van der Waals surface area contributed by atoms with E-state index < -0.39 is 12.0 Å². The second kappa shape index (κ2) is 4.98. The smallest absolute Gasteiger partial charge is 0.320 e. The Labute approximate surface area is 94.3 Å². The van der Waals surface area contributed by atoms with Crippen molar-refractivity contribution in [3.63, 3.8) is 0 Å². The van der Waals surface area contributed by atoms with E-state index in [1.807, 2.05) is 20.8 Å². The zero-order valence-electron chi connectivity index (χ0n) is 9.69. The average molecular weight is 226 g/mol. The molecule has 0 amide bonds. The van der Waals surface area contributed by atoms with E-state index in [9.17, 15) is 4.79 Å². The Hall–Kier alpha value is -1.56. The summed E-state index contributed by atoms with van der Waals surface area (Å²) in [5.41, 5.74) is 6.24. The summed E-state index contributed by atoms with van der Waals surface area (Å²) < 4.78 is 0. The molecule has 6 nitrogen and oxygen atoms in total. The van der Waals surface area contributed by atoms with Crippen LogP contribution in [0.3, 0.4) is 0 Å². The van der Waals surface area contributed by atoms with Gasteiger partial charge in [0.1, 0.15) is 6.04 Å². The number of nitrogens with two attached hydrogens (primary N) is 1. The third-order valence-corrected chi connectivity index (χ3v) is 2.44. The maximum Gasteiger partial charge on any atom is 0.320 e. The predicted molar refractivity (Wildman–Crippen MR) is 60.8 cm³/mol. The number of carboxylic acids is 1. The van der Waals surface area contributed by atoms with Crippen LogP contribution < -0.4 is 11.1 Å². The Morgan fingerprint density at radius 2 is 2.19 bits per heavy atom. The van der Waals surface area contributed by atoms with Crippen molar-refractivity contribution in [3.8, 4) is 0 Å². The fourth-order valence-corrected chi connectivity index (χ4v) is 1.48. The Morgan fingerprint density at radius 1 is 1.56 bits per heavy atom. The van der Waals surface area contributed by atoms with Gasteiger partial charge in [-0.1, -0.05) is 13.8 Å². The first-order valence-electron chi connectivity index (χ1n) is 5.21. The van der Waals surface area contributed by atoms with Gasteiger partial charge in [-0.2, -0.15) is 0 Å². The molecule has 6 heteroatoms. The van der Waals surface area contributed by atoms with Gasteiger partial charge < -0.3 is 15.8 Å². The maximum atomic E-state index is 11.0. The normalized spacial score (nSPS) is 15.0. The van der Waals surface area contributed by atoms with E-state index >= 15 is 0 Å². The SMILES string of the molecule is CC(N[C@H](C(=O)O)C(C)C)c1cnc(N)[nH]1. The molecule has 1 unspecified atom stereocenters. The van der Waals surface area contributed by atoms with Gasteiger partial charge in [0.15, 0.2) is 5.95 Å². The standard InChI is InChI=1S/C10H18N4O2/c1-5(2)8(9(15)16)13-6(3)7-4-12-10(11)14-7/h4-6,8,13H,1-3H3,(H,15,16)(H3,11,12,14)/t6?,8-/m0/s1. The molecular weight excluding hydrogens is 208 g/mol. The van der Waals surface area contributed by atoms with Crippen LogP contribution in [-0.4, -0.2) is 27.1 Å². The molecular formula is C10H18N4O2. The quantitative estimate of drug-likeness (QED) is 0.593. The van der Waals surface area contributed by atoms with Crippen LogP contribution in [0.5, 0.6) is 0 Å². The molecule has 1 rings (SSSR count). The minimum Gasteiger partial charge on any atom is -0.480 e. The van der Waals surface area contributed by atoms with E-state index in [0.717, 1.165) is 5.69 Å². The number of carbonyl (C=O) groups is 1. The van der Waals surface area contributed by atoms with Crippen molar-refractivity contribution in [3.05, 3.63) is 11.9 Å². The van der Waals surface area contributed by atoms with Gasteiger partial charge >= 0.3 is 5.97 Å². The van der Waals surface area contributed by atoms with Gasteiger partial charge in [0.25, 0.3) is 0 Å². The molecule has 0 radical (unpaired) electrons. The number of carboxylic acid groups (broad SMARTS) is 1. The summed E-state index contributed by atoms with van der Waals surface area (Å²) in [7, 11) is 0. The lowest BCUT2D eigenvalue weighted by atomic mass is 10.0. The van der Waals surface area contributed by atoms with Crippen LogP contribution in [0.2, 0.25) is 0 Å². The van der Waals surface area contributed by atoms with E-state index in [1.54, 1.807) is 6.20 Å². The lowest BCUT2D eigenvalue weighted by Gasteiger charge is -2.22. The number of imidazole rings is 1. The number of rotatable bonds is 5. The summed E-state index contributed by atoms with van der Waals surface area (Å²) in [6.45, 7) is 5.59. The van der Waals surface area contributed by atoms with E-state index in [2.05, 4.69) is 15.3 Å². The number of aromatic amines is 1. The maximum absolute atomic E-state index is 11.0. The first-order valence-corrected chi connectivity index (χ1v) is 5.21. The van der Waals surface area contributed by atoms with Crippen molar-refractivity contribution in [2.24, 2.45) is 5.92 Å². The number of aliphatic carboxylic acids is 1. The Morgan fingerprint density at radius 3 is 2.56 bits per heavy atom. The van der Waals surface area contributed by atoms with E-state index in [4.69, 9.17) is 10.8 Å². The number of nitrogen functional groups attached to an aromatic ring is 1. The summed E-state index contributed by atoms with van der Waals surface area (Å²) in [6.07, 6.45) is 1.60. The summed E-state index contributed by atoms with van der Waals surface area (Å²) in [5.74, 6) is -0.505. The Bertz CT molecular complexity index is 361. The Balaban J connectivity index is 2.68. The second-order valence-electron chi connectivity index (χ2n) is 4.17. The third kappa shape index (κ3) is 2.96. The molecule has 0 aliphatic rings. The lowest BCUT2D eigenvalue weighted by molar-refractivity contribution is -0.140. The average Bonchev–Trinajstić information content (AvgIpc) is 2.59. The summed E-state index contributed by atoms with van der Waals surface area (Å²) >= 11 is 0. The van der Waals surface area contributed by atoms with Crippen LogP contribution in [-0.2, 0) is 4.79 Å². The van der Waals surface area contributed by atoms with E-state index in [-0.39, 0.29) is 12.0 Å². The highest BCUT2D eigenvalue weighted by molar-refractivity contribution is 5.73. The minimum atomic E-state index is -0.852. The fraction of sp³-hybridized carbons (Fsp3) is 0.600. The van der Waals surface area contributed by atoms with Gasteiger partial charge in [-0.15, -0.1) is 0 Å². The summed E-state index contributed by atoms with van der Waals surface area (Å²) in [5, 5.41) is 12.1. The van der Waals surface area contributed by atoms with Gasteiger partial charge in [-0.05, 0) is 12.8 Å². The van der Waals surface area contributed by atoms with Gasteiger partial charge in [0.05, 0.1) is 11.9 Å². The third-order valence-electron chi connectivity index (χ3n) is 2.44. The molecule has 0 fully saturated rings. The molecule has 1 aromatic rings. The lowest BCUT2D eigenvalue weighted by Crippen LogP contribution is -2.42. The molecule has 1 aromatic heterocycles.